The molecule has 2 aromatic rings. The van der Waals surface area contributed by atoms with Gasteiger partial charge in [-0.15, -0.1) is 0 Å². The van der Waals surface area contributed by atoms with Gasteiger partial charge in [-0.05, 0) is 60.1 Å². The number of thioether (sulfide) groups is 1. The first-order valence-electron chi connectivity index (χ1n) is 13.3. The van der Waals surface area contributed by atoms with E-state index in [1.165, 1.54) is 12.1 Å². The Balaban J connectivity index is 1.53. The monoisotopic (exact) mass is 642 g/mol. The minimum atomic E-state index is -4.74. The van der Waals surface area contributed by atoms with Crippen LogP contribution in [0.2, 0.25) is 0 Å². The third-order valence-electron chi connectivity index (χ3n) is 6.80. The van der Waals surface area contributed by atoms with Crippen molar-refractivity contribution < 1.29 is 44.9 Å². The van der Waals surface area contributed by atoms with Gasteiger partial charge in [0.2, 0.25) is 22.1 Å². The molecule has 0 radical (unpaired) electrons. The van der Waals surface area contributed by atoms with E-state index >= 15 is 0 Å². The van der Waals surface area contributed by atoms with Crippen molar-refractivity contribution >= 4 is 39.1 Å². The van der Waals surface area contributed by atoms with Crippen LogP contribution in [0.5, 0.6) is 0 Å². The predicted molar refractivity (Wildman–Crippen MR) is 143 cm³/mol. The normalized spacial score (nSPS) is 18.1. The summed E-state index contributed by atoms with van der Waals surface area (Å²) in [5.74, 6) is -1.57. The zero-order chi connectivity index (χ0) is 30.5. The molecule has 18 heteroatoms. The number of carbonyl (C=O) groups is 1. The molecule has 0 unspecified atom stereocenters. The fourth-order valence-corrected chi connectivity index (χ4v) is 6.45. The van der Waals surface area contributed by atoms with Crippen LogP contribution in [0, 0.1) is 5.92 Å². The van der Waals surface area contributed by atoms with Gasteiger partial charge in [0, 0.05) is 11.7 Å². The van der Waals surface area contributed by atoms with E-state index in [9.17, 15) is 40.3 Å². The molecule has 2 aliphatic rings. The molecule has 2 atom stereocenters. The van der Waals surface area contributed by atoms with E-state index in [1.807, 2.05) is 0 Å². The lowest BCUT2D eigenvalue weighted by Crippen LogP contribution is -2.51. The predicted octanol–water partition coefficient (Wildman–Crippen LogP) is 3.95. The number of nitrogens with one attached hydrogen (secondary N) is 4. The van der Waals surface area contributed by atoms with E-state index < -0.39 is 53.1 Å². The van der Waals surface area contributed by atoms with Gasteiger partial charge in [0.25, 0.3) is 5.91 Å². The highest BCUT2D eigenvalue weighted by molar-refractivity contribution is 7.99. The van der Waals surface area contributed by atoms with E-state index in [4.69, 9.17) is 0 Å². The molecule has 2 fully saturated rings. The number of hydrogen-bond acceptors (Lipinski definition) is 10. The third kappa shape index (κ3) is 9.15. The number of aliphatic hydroxyl groups is 1. The molecular formula is C24H31F5N6O5S2. The molecule has 2 aliphatic carbocycles. The molecule has 0 spiro atoms. The second-order valence-electron chi connectivity index (χ2n) is 10.2. The van der Waals surface area contributed by atoms with Crippen molar-refractivity contribution in [1.29, 1.82) is 0 Å². The maximum atomic E-state index is 13.1. The molecule has 0 saturated heterocycles. The smallest absolute Gasteiger partial charge is 0.381 e. The lowest BCUT2D eigenvalue weighted by Gasteiger charge is -2.34. The number of anilines is 2. The van der Waals surface area contributed by atoms with Gasteiger partial charge in [0.15, 0.2) is 5.03 Å². The molecule has 2 saturated carbocycles. The summed E-state index contributed by atoms with van der Waals surface area (Å²) in [7, 11) is -4.53. The molecule has 1 heterocycles. The Morgan fingerprint density at radius 1 is 1.12 bits per heavy atom. The van der Waals surface area contributed by atoms with E-state index in [0.717, 1.165) is 38.2 Å². The first kappa shape index (κ1) is 32.2. The second kappa shape index (κ2) is 13.7. The Morgan fingerprint density at radius 3 is 2.48 bits per heavy atom. The van der Waals surface area contributed by atoms with Crippen LogP contribution in [0.25, 0.3) is 0 Å². The van der Waals surface area contributed by atoms with Gasteiger partial charge in [-0.1, -0.05) is 31.0 Å². The standard InChI is InChI=1S/C24H31F5N6O5S2/c25-18(26)11-41-23-20(34-40-35-23)22(37)33-19(13-4-2-1-3-5-13)21(36)32-15-8-9-17(16(10-15)31-14-6-7-14)42(38,39)30-12-24(27,28)29/h8-10,13-14,18-19,21,30-32,36H,1-7,11-12H2,(H,33,37)/t19-,21-/m0/s1. The third-order valence-corrected chi connectivity index (χ3v) is 9.22. The first-order chi connectivity index (χ1) is 19.8. The molecule has 1 amide bonds. The maximum absolute atomic E-state index is 13.1. The summed E-state index contributed by atoms with van der Waals surface area (Å²) in [4.78, 5) is 12.7. The Hall–Kier alpha value is -2.70. The zero-order valence-electron chi connectivity index (χ0n) is 22.2. The van der Waals surface area contributed by atoms with E-state index in [2.05, 4.69) is 30.9 Å². The summed E-state index contributed by atoms with van der Waals surface area (Å²) in [5.41, 5.74) is -0.00532. The molecule has 0 aliphatic heterocycles. The quantitative estimate of drug-likeness (QED) is 0.116. The highest BCUT2D eigenvalue weighted by atomic mass is 32.2. The maximum Gasteiger partial charge on any atom is 0.402 e. The molecule has 5 N–H and O–H groups in total. The lowest BCUT2D eigenvalue weighted by molar-refractivity contribution is -0.121. The Labute approximate surface area is 242 Å². The van der Waals surface area contributed by atoms with Crippen molar-refractivity contribution in [2.45, 2.75) is 85.8 Å². The number of hydrogen-bond donors (Lipinski definition) is 5. The average molecular weight is 643 g/mol. The molecular weight excluding hydrogens is 611 g/mol. The molecule has 1 aromatic heterocycles. The zero-order valence-corrected chi connectivity index (χ0v) is 23.8. The van der Waals surface area contributed by atoms with Crippen LogP contribution in [0.3, 0.4) is 0 Å². The van der Waals surface area contributed by atoms with Crippen molar-refractivity contribution in [3.05, 3.63) is 23.9 Å². The summed E-state index contributed by atoms with van der Waals surface area (Å²) in [5, 5.41) is 26.7. The van der Waals surface area contributed by atoms with Gasteiger partial charge in [-0.25, -0.2) is 26.5 Å². The number of halogens is 5. The number of aromatic nitrogens is 2. The van der Waals surface area contributed by atoms with E-state index in [0.29, 0.717) is 24.6 Å². The Kier molecular flexibility index (Phi) is 10.5. The summed E-state index contributed by atoms with van der Waals surface area (Å²) < 4.78 is 94.8. The van der Waals surface area contributed by atoms with E-state index in [1.54, 1.807) is 4.72 Å². The number of amides is 1. The van der Waals surface area contributed by atoms with Crippen molar-refractivity contribution in [3.8, 4) is 0 Å². The van der Waals surface area contributed by atoms with Crippen LogP contribution in [0.1, 0.15) is 55.4 Å². The molecule has 11 nitrogen and oxygen atoms in total. The minimum absolute atomic E-state index is 0.0516. The number of benzene rings is 1. The highest BCUT2D eigenvalue weighted by Crippen LogP contribution is 2.33. The summed E-state index contributed by atoms with van der Waals surface area (Å²) >= 11 is 0.603. The Bertz CT molecular complexity index is 1320. The second-order valence-corrected chi connectivity index (χ2v) is 12.9. The van der Waals surface area contributed by atoms with Gasteiger partial charge in [0.05, 0.1) is 17.5 Å². The largest absolute Gasteiger partial charge is 0.402 e. The minimum Gasteiger partial charge on any atom is -0.381 e. The van der Waals surface area contributed by atoms with Gasteiger partial charge < -0.3 is 21.1 Å². The van der Waals surface area contributed by atoms with Gasteiger partial charge in [-0.2, -0.15) is 13.2 Å². The Morgan fingerprint density at radius 2 is 1.83 bits per heavy atom. The SMILES string of the molecule is O=C(N[C@@H](C1CCCCC1)[C@H](O)Nc1ccc(S(=O)(=O)NCC(F)(F)F)c(NC2CC2)c1)c1nonc1SCC(F)F. The highest BCUT2D eigenvalue weighted by Gasteiger charge is 2.35. The molecule has 0 bridgehead atoms. The topological polar surface area (TPSA) is 158 Å². The van der Waals surface area contributed by atoms with Crippen LogP contribution in [-0.4, -0.2) is 73.0 Å². The molecule has 1 aromatic carbocycles. The van der Waals surface area contributed by atoms with Gasteiger partial charge in [-0.3, -0.25) is 4.79 Å². The average Bonchev–Trinajstić information content (AvgIpc) is 3.61. The first-order valence-corrected chi connectivity index (χ1v) is 15.8. The van der Waals surface area contributed by atoms with Gasteiger partial charge in [0.1, 0.15) is 17.7 Å². The number of alkyl halides is 5. The fourth-order valence-electron chi connectivity index (χ4n) is 4.65. The molecule has 234 valence electrons. The number of carbonyl (C=O) groups excluding carboxylic acids is 1. The number of aliphatic hydroxyl groups excluding tert-OH is 1. The van der Waals surface area contributed by atoms with Crippen LogP contribution in [0.15, 0.2) is 32.7 Å². The number of rotatable bonds is 14. The fraction of sp³-hybridized carbons (Fsp3) is 0.625. The number of nitrogens with zero attached hydrogens (tertiary/aromatic N) is 2. The summed E-state index contributed by atoms with van der Waals surface area (Å²) in [6.07, 6.45) is -3.22. The lowest BCUT2D eigenvalue weighted by atomic mass is 9.83. The van der Waals surface area contributed by atoms with Crippen LogP contribution in [-0.2, 0) is 10.0 Å². The summed E-state index contributed by atoms with van der Waals surface area (Å²) in [6, 6.07) is 2.86. The van der Waals surface area contributed by atoms with Crippen molar-refractivity contribution in [2.75, 3.05) is 22.9 Å². The van der Waals surface area contributed by atoms with Crippen molar-refractivity contribution in [1.82, 2.24) is 20.4 Å². The molecule has 4 rings (SSSR count). The van der Waals surface area contributed by atoms with Crippen molar-refractivity contribution in [2.24, 2.45) is 5.92 Å². The van der Waals surface area contributed by atoms with Crippen LogP contribution >= 0.6 is 11.8 Å². The molecule has 42 heavy (non-hydrogen) atoms. The number of sulfonamides is 1. The van der Waals surface area contributed by atoms with E-state index in [-0.39, 0.29) is 38.9 Å². The van der Waals surface area contributed by atoms with Crippen LogP contribution < -0.4 is 20.7 Å². The van der Waals surface area contributed by atoms with Gasteiger partial charge >= 0.3 is 6.18 Å². The van der Waals surface area contributed by atoms with Crippen molar-refractivity contribution in [3.63, 3.8) is 0 Å². The van der Waals surface area contributed by atoms with Crippen LogP contribution in [0.4, 0.5) is 33.3 Å². The summed E-state index contributed by atoms with van der Waals surface area (Å²) in [6.45, 7) is -1.73.